The fourth-order valence-corrected chi connectivity index (χ4v) is 4.30. The van der Waals surface area contributed by atoms with Crippen molar-refractivity contribution in [1.29, 1.82) is 0 Å². The van der Waals surface area contributed by atoms with E-state index in [0.717, 1.165) is 42.2 Å². The SMILES string of the molecule is CCOC[C@H]1C(=O)N2CCCc3nc(NCc4ccc(Oc5cnc(C(F)(F)F)nc5)nc4)nc(c32)N1C. The van der Waals surface area contributed by atoms with Crippen LogP contribution in [0.5, 0.6) is 11.6 Å². The van der Waals surface area contributed by atoms with Gasteiger partial charge in [0.2, 0.25) is 17.7 Å². The quantitative estimate of drug-likeness (QED) is 0.465. The van der Waals surface area contributed by atoms with Crippen molar-refractivity contribution in [2.75, 3.05) is 41.9 Å². The Labute approximate surface area is 216 Å². The molecule has 38 heavy (non-hydrogen) atoms. The molecule has 2 aliphatic heterocycles. The summed E-state index contributed by atoms with van der Waals surface area (Å²) in [5.74, 6) is 0.0785. The van der Waals surface area contributed by atoms with Gasteiger partial charge in [-0.2, -0.15) is 18.2 Å². The lowest BCUT2D eigenvalue weighted by Gasteiger charge is -2.42. The lowest BCUT2D eigenvalue weighted by molar-refractivity contribution is -0.145. The van der Waals surface area contributed by atoms with Crippen LogP contribution in [-0.4, -0.2) is 63.7 Å². The van der Waals surface area contributed by atoms with Gasteiger partial charge < -0.3 is 24.6 Å². The monoisotopic (exact) mass is 530 g/mol. The second kappa shape index (κ2) is 10.4. The van der Waals surface area contributed by atoms with Gasteiger partial charge in [-0.1, -0.05) is 6.07 Å². The van der Waals surface area contributed by atoms with Crippen LogP contribution in [0.1, 0.15) is 30.4 Å². The normalized spacial score (nSPS) is 16.9. The van der Waals surface area contributed by atoms with E-state index in [9.17, 15) is 18.0 Å². The van der Waals surface area contributed by atoms with Crippen molar-refractivity contribution < 1.29 is 27.4 Å². The summed E-state index contributed by atoms with van der Waals surface area (Å²) in [4.78, 5) is 36.8. The van der Waals surface area contributed by atoms with Gasteiger partial charge in [0.1, 0.15) is 11.7 Å². The Kier molecular flexibility index (Phi) is 6.97. The molecule has 3 aromatic heterocycles. The number of hydrogen-bond acceptors (Lipinski definition) is 10. The fourth-order valence-electron chi connectivity index (χ4n) is 4.30. The van der Waals surface area contributed by atoms with Gasteiger partial charge in [-0.3, -0.25) is 4.79 Å². The molecular weight excluding hydrogens is 505 g/mol. The number of nitrogens with one attached hydrogen (secondary N) is 1. The number of aromatic nitrogens is 5. The van der Waals surface area contributed by atoms with Crippen LogP contribution in [0.3, 0.4) is 0 Å². The molecule has 1 amide bonds. The van der Waals surface area contributed by atoms with E-state index in [1.807, 2.05) is 18.9 Å². The molecule has 1 N–H and O–H groups in total. The Bertz CT molecular complexity index is 1310. The van der Waals surface area contributed by atoms with E-state index in [1.54, 1.807) is 23.2 Å². The summed E-state index contributed by atoms with van der Waals surface area (Å²) in [5.41, 5.74) is 2.38. The number of carbonyl (C=O) groups is 1. The Morgan fingerprint density at radius 2 is 1.92 bits per heavy atom. The molecule has 0 spiro atoms. The number of anilines is 3. The molecule has 0 saturated carbocycles. The second-order valence-corrected chi connectivity index (χ2v) is 8.75. The first-order chi connectivity index (χ1) is 18.2. The van der Waals surface area contributed by atoms with E-state index < -0.39 is 18.0 Å². The van der Waals surface area contributed by atoms with Gasteiger partial charge in [0, 0.05) is 39.0 Å². The Morgan fingerprint density at radius 1 is 1.13 bits per heavy atom. The van der Waals surface area contributed by atoms with Crippen LogP contribution in [-0.2, 0) is 28.7 Å². The van der Waals surface area contributed by atoms with E-state index in [1.165, 1.54) is 0 Å². The summed E-state index contributed by atoms with van der Waals surface area (Å²) in [5, 5.41) is 3.21. The molecule has 5 rings (SSSR count). The second-order valence-electron chi connectivity index (χ2n) is 8.75. The molecule has 0 aliphatic carbocycles. The van der Waals surface area contributed by atoms with Crippen molar-refractivity contribution in [3.63, 3.8) is 0 Å². The smallest absolute Gasteiger partial charge is 0.436 e. The average Bonchev–Trinajstić information content (AvgIpc) is 2.91. The zero-order valence-electron chi connectivity index (χ0n) is 20.7. The van der Waals surface area contributed by atoms with Crippen molar-refractivity contribution in [2.45, 2.75) is 38.5 Å². The Balaban J connectivity index is 1.27. The minimum Gasteiger partial charge on any atom is -0.436 e. The van der Waals surface area contributed by atoms with Crippen LogP contribution < -0.4 is 19.9 Å². The highest BCUT2D eigenvalue weighted by Crippen LogP contribution is 2.40. The third kappa shape index (κ3) is 5.16. The predicted octanol–water partition coefficient (Wildman–Crippen LogP) is 3.22. The Hall–Kier alpha value is -4.07. The summed E-state index contributed by atoms with van der Waals surface area (Å²) in [6, 6.07) is 2.89. The van der Waals surface area contributed by atoms with Gasteiger partial charge in [-0.05, 0) is 25.3 Å². The van der Waals surface area contributed by atoms with Gasteiger partial charge >= 0.3 is 6.18 Å². The molecule has 0 fully saturated rings. The van der Waals surface area contributed by atoms with Crippen LogP contribution in [0.2, 0.25) is 0 Å². The van der Waals surface area contributed by atoms with Crippen molar-refractivity contribution in [1.82, 2.24) is 24.9 Å². The summed E-state index contributed by atoms with van der Waals surface area (Å²) in [7, 11) is 1.84. The van der Waals surface area contributed by atoms with Gasteiger partial charge in [0.15, 0.2) is 11.6 Å². The minimum atomic E-state index is -4.62. The maximum absolute atomic E-state index is 13.1. The molecule has 0 bridgehead atoms. The summed E-state index contributed by atoms with van der Waals surface area (Å²) < 4.78 is 48.8. The zero-order chi connectivity index (χ0) is 26.9. The maximum atomic E-state index is 13.1. The van der Waals surface area contributed by atoms with Crippen molar-refractivity contribution in [3.8, 4) is 11.6 Å². The average molecular weight is 531 g/mol. The minimum absolute atomic E-state index is 0.00468. The molecule has 1 atom stereocenters. The van der Waals surface area contributed by atoms with Gasteiger partial charge in [0.25, 0.3) is 5.91 Å². The lowest BCUT2D eigenvalue weighted by atomic mass is 10.0. The molecule has 0 unspecified atom stereocenters. The van der Waals surface area contributed by atoms with Gasteiger partial charge in [-0.25, -0.2) is 19.9 Å². The molecule has 2 aliphatic rings. The highest BCUT2D eigenvalue weighted by Gasteiger charge is 2.41. The molecule has 11 nitrogen and oxygen atoms in total. The molecule has 0 saturated heterocycles. The first kappa shape index (κ1) is 25.6. The van der Waals surface area contributed by atoms with Crippen molar-refractivity contribution in [3.05, 3.63) is 47.8 Å². The molecular formula is C24H25F3N8O3. The van der Waals surface area contributed by atoms with E-state index in [2.05, 4.69) is 25.3 Å². The standard InChI is InChI=1S/C24H25F3N8O3/c1-3-37-13-17-21(36)35-8-4-5-16-19(35)20(34(17)2)33-23(32-16)31-10-14-6-7-18(28-9-14)38-15-11-29-22(30-12-15)24(25,26)27/h6-7,9,11-12,17H,3-5,8,10,13H2,1-2H3,(H,31,32,33)/t17-/m0/s1. The molecule has 0 radical (unpaired) electrons. The van der Waals surface area contributed by atoms with Crippen LogP contribution >= 0.6 is 0 Å². The van der Waals surface area contributed by atoms with E-state index in [0.29, 0.717) is 31.5 Å². The lowest BCUT2D eigenvalue weighted by Crippen LogP contribution is -2.56. The number of pyridine rings is 1. The summed E-state index contributed by atoms with van der Waals surface area (Å²) in [6.07, 6.45) is 0.390. The predicted molar refractivity (Wildman–Crippen MR) is 130 cm³/mol. The van der Waals surface area contributed by atoms with E-state index in [-0.39, 0.29) is 24.1 Å². The van der Waals surface area contributed by atoms with Crippen molar-refractivity contribution in [2.24, 2.45) is 0 Å². The summed E-state index contributed by atoms with van der Waals surface area (Å²) >= 11 is 0. The third-order valence-electron chi connectivity index (χ3n) is 6.19. The number of ether oxygens (including phenoxy) is 2. The van der Waals surface area contributed by atoms with Crippen LogP contribution in [0.25, 0.3) is 0 Å². The number of hydrogen-bond donors (Lipinski definition) is 1. The van der Waals surface area contributed by atoms with Crippen LogP contribution in [0.15, 0.2) is 30.7 Å². The number of carbonyl (C=O) groups excluding carboxylic acids is 1. The van der Waals surface area contributed by atoms with Crippen LogP contribution in [0, 0.1) is 0 Å². The zero-order valence-corrected chi connectivity index (χ0v) is 20.7. The number of halogens is 3. The maximum Gasteiger partial charge on any atom is 0.451 e. The highest BCUT2D eigenvalue weighted by atomic mass is 19.4. The van der Waals surface area contributed by atoms with Crippen LogP contribution in [0.4, 0.5) is 30.6 Å². The molecule has 3 aromatic rings. The van der Waals surface area contributed by atoms with Crippen molar-refractivity contribution >= 4 is 23.4 Å². The number of aryl methyl sites for hydroxylation is 1. The number of nitrogens with zero attached hydrogens (tertiary/aromatic N) is 7. The summed E-state index contributed by atoms with van der Waals surface area (Å²) in [6.45, 7) is 3.68. The number of amides is 1. The first-order valence-corrected chi connectivity index (χ1v) is 12.0. The van der Waals surface area contributed by atoms with E-state index >= 15 is 0 Å². The highest BCUT2D eigenvalue weighted by molar-refractivity contribution is 6.05. The van der Waals surface area contributed by atoms with Gasteiger partial charge in [0.05, 0.1) is 24.7 Å². The number of alkyl halides is 3. The van der Waals surface area contributed by atoms with Gasteiger partial charge in [-0.15, -0.1) is 0 Å². The number of rotatable bonds is 8. The third-order valence-corrected chi connectivity index (χ3v) is 6.19. The largest absolute Gasteiger partial charge is 0.451 e. The molecule has 5 heterocycles. The molecule has 14 heteroatoms. The molecule has 0 aromatic carbocycles. The fraction of sp³-hybridized carbons (Fsp3) is 0.417. The van der Waals surface area contributed by atoms with E-state index in [4.69, 9.17) is 14.5 Å². The number of likely N-dealkylation sites (N-methyl/N-ethyl adjacent to an activating group) is 1. The first-order valence-electron chi connectivity index (χ1n) is 12.0. The Morgan fingerprint density at radius 3 is 2.61 bits per heavy atom. The topological polar surface area (TPSA) is 118 Å². The molecule has 200 valence electrons.